The van der Waals surface area contributed by atoms with E-state index >= 15 is 0 Å². The van der Waals surface area contributed by atoms with Crippen LogP contribution < -0.4 is 0 Å². The Bertz CT molecular complexity index is 874. The summed E-state index contributed by atoms with van der Waals surface area (Å²) in [6.45, 7) is 6.87. The molecular weight excluding hydrogens is 561 g/mol. The first-order valence-corrected chi connectivity index (χ1v) is 20.5. The van der Waals surface area contributed by atoms with Crippen molar-refractivity contribution in [3.63, 3.8) is 0 Å². The number of thioether (sulfide) groups is 2. The lowest BCUT2D eigenvalue weighted by molar-refractivity contribution is 0.475. The molecule has 3 heteroatoms. The summed E-state index contributed by atoms with van der Waals surface area (Å²) in [6.07, 6.45) is 29.1. The normalized spacial score (nSPS) is 11.4. The van der Waals surface area contributed by atoms with Gasteiger partial charge in [0.15, 0.2) is 0 Å². The molecule has 0 aliphatic heterocycles. The molecule has 0 saturated heterocycles. The van der Waals surface area contributed by atoms with E-state index in [1.807, 2.05) is 12.1 Å². The van der Waals surface area contributed by atoms with E-state index < -0.39 is 0 Å². The van der Waals surface area contributed by atoms with Gasteiger partial charge in [0, 0.05) is 11.5 Å². The standard InChI is InChI=1S/C40H66OS2/c1-4-6-8-10-12-14-16-18-20-22-28-42-33-37-30-35(3)31-38(40(37)32-36-24-26-39(41)27-25-36)34-43-29-23-21-19-17-15-13-11-9-7-5-2/h24-27,30-31,41H,4-23,28-29,32-34H2,1-3H3. The number of hydrogen-bond acceptors (Lipinski definition) is 3. The van der Waals surface area contributed by atoms with E-state index in [1.165, 1.54) is 168 Å². The molecule has 2 aromatic rings. The van der Waals surface area contributed by atoms with Gasteiger partial charge < -0.3 is 5.11 Å². The van der Waals surface area contributed by atoms with Gasteiger partial charge in [0.2, 0.25) is 0 Å². The maximum absolute atomic E-state index is 9.82. The summed E-state index contributed by atoms with van der Waals surface area (Å²) in [4.78, 5) is 0. The van der Waals surface area contributed by atoms with Crippen molar-refractivity contribution in [1.82, 2.24) is 0 Å². The summed E-state index contributed by atoms with van der Waals surface area (Å²) < 4.78 is 0. The molecule has 0 heterocycles. The van der Waals surface area contributed by atoms with Crippen LogP contribution >= 0.6 is 23.5 Å². The Kier molecular flexibility index (Phi) is 23.2. The number of phenolic OH excluding ortho intramolecular Hbond substituents is 1. The quantitative estimate of drug-likeness (QED) is 0.0949. The van der Waals surface area contributed by atoms with Gasteiger partial charge in [-0.15, -0.1) is 0 Å². The van der Waals surface area contributed by atoms with Crippen molar-refractivity contribution in [2.24, 2.45) is 0 Å². The van der Waals surface area contributed by atoms with Crippen LogP contribution in [-0.2, 0) is 17.9 Å². The fraction of sp³-hybridized carbons (Fsp3) is 0.700. The molecule has 0 aliphatic carbocycles. The summed E-state index contributed by atoms with van der Waals surface area (Å²) in [5.41, 5.74) is 7.28. The second-order valence-electron chi connectivity index (χ2n) is 12.9. The van der Waals surface area contributed by atoms with Gasteiger partial charge in [-0.25, -0.2) is 0 Å². The summed E-state index contributed by atoms with van der Waals surface area (Å²) >= 11 is 4.26. The lowest BCUT2D eigenvalue weighted by Crippen LogP contribution is -2.02. The predicted molar refractivity (Wildman–Crippen MR) is 198 cm³/mol. The van der Waals surface area contributed by atoms with Gasteiger partial charge in [-0.2, -0.15) is 23.5 Å². The zero-order valence-corrected chi connectivity index (χ0v) is 30.0. The molecule has 1 N–H and O–H groups in total. The van der Waals surface area contributed by atoms with Gasteiger partial charge in [-0.05, 0) is 72.1 Å². The van der Waals surface area contributed by atoms with Crippen LogP contribution in [-0.4, -0.2) is 16.6 Å². The molecule has 244 valence electrons. The van der Waals surface area contributed by atoms with Crippen LogP contribution in [0.1, 0.15) is 170 Å². The second-order valence-corrected chi connectivity index (χ2v) is 15.1. The Balaban J connectivity index is 1.78. The van der Waals surface area contributed by atoms with E-state index in [-0.39, 0.29) is 0 Å². The van der Waals surface area contributed by atoms with Crippen molar-refractivity contribution in [1.29, 1.82) is 0 Å². The second kappa shape index (κ2) is 26.2. The van der Waals surface area contributed by atoms with Crippen molar-refractivity contribution in [2.45, 2.75) is 167 Å². The average molecular weight is 627 g/mol. The highest BCUT2D eigenvalue weighted by atomic mass is 32.2. The van der Waals surface area contributed by atoms with Crippen LogP contribution in [0.25, 0.3) is 0 Å². The lowest BCUT2D eigenvalue weighted by atomic mass is 9.94. The SMILES string of the molecule is CCCCCCCCCCCCSCc1cc(C)cc(CSCCCCCCCCCCCC)c1Cc1ccc(O)cc1. The summed E-state index contributed by atoms with van der Waals surface area (Å²) in [5, 5.41) is 9.82. The van der Waals surface area contributed by atoms with E-state index in [0.29, 0.717) is 5.75 Å². The molecule has 0 atom stereocenters. The average Bonchev–Trinajstić information content (AvgIpc) is 3.00. The maximum atomic E-state index is 9.82. The highest BCUT2D eigenvalue weighted by Crippen LogP contribution is 2.29. The number of aryl methyl sites for hydroxylation is 1. The zero-order valence-electron chi connectivity index (χ0n) is 28.4. The maximum Gasteiger partial charge on any atom is 0.115 e. The highest BCUT2D eigenvalue weighted by molar-refractivity contribution is 7.98. The van der Waals surface area contributed by atoms with Crippen molar-refractivity contribution in [2.75, 3.05) is 11.5 Å². The molecule has 2 rings (SSSR count). The fourth-order valence-corrected chi connectivity index (χ4v) is 8.08. The molecule has 0 amide bonds. The highest BCUT2D eigenvalue weighted by Gasteiger charge is 2.12. The summed E-state index contributed by atoms with van der Waals surface area (Å²) in [5.74, 6) is 5.12. The van der Waals surface area contributed by atoms with Crippen molar-refractivity contribution in [3.8, 4) is 5.75 Å². The van der Waals surface area contributed by atoms with Gasteiger partial charge in [0.25, 0.3) is 0 Å². The number of aromatic hydroxyl groups is 1. The Morgan fingerprint density at radius 2 is 0.884 bits per heavy atom. The lowest BCUT2D eigenvalue weighted by Gasteiger charge is -2.17. The summed E-state index contributed by atoms with van der Waals surface area (Å²) in [6, 6.07) is 12.7. The van der Waals surface area contributed by atoms with E-state index in [2.05, 4.69) is 68.6 Å². The number of unbranched alkanes of at least 4 members (excludes halogenated alkanes) is 18. The minimum absolute atomic E-state index is 0.354. The molecule has 0 fully saturated rings. The number of benzene rings is 2. The van der Waals surface area contributed by atoms with Gasteiger partial charge in [0.05, 0.1) is 0 Å². The van der Waals surface area contributed by atoms with E-state index in [9.17, 15) is 5.11 Å². The molecule has 1 nitrogen and oxygen atoms in total. The van der Waals surface area contributed by atoms with Crippen molar-refractivity contribution in [3.05, 3.63) is 64.2 Å². The van der Waals surface area contributed by atoms with Crippen LogP contribution in [0.4, 0.5) is 0 Å². The van der Waals surface area contributed by atoms with E-state index in [1.54, 1.807) is 0 Å². The molecule has 43 heavy (non-hydrogen) atoms. The van der Waals surface area contributed by atoms with Gasteiger partial charge in [-0.1, -0.05) is 159 Å². The third kappa shape index (κ3) is 19.1. The first-order chi connectivity index (χ1) is 21.1. The minimum Gasteiger partial charge on any atom is -0.508 e. The third-order valence-electron chi connectivity index (χ3n) is 8.70. The first kappa shape index (κ1) is 38.1. The Hall–Kier alpha value is -1.06. The Morgan fingerprint density at radius 3 is 1.28 bits per heavy atom. The molecule has 0 saturated carbocycles. The largest absolute Gasteiger partial charge is 0.508 e. The predicted octanol–water partition coefficient (Wildman–Crippen LogP) is 13.6. The molecule has 0 bridgehead atoms. The number of hydrogen-bond donors (Lipinski definition) is 1. The molecular formula is C40H66OS2. The van der Waals surface area contributed by atoms with Crippen molar-refractivity contribution < 1.29 is 5.11 Å². The Labute approximate surface area is 276 Å². The van der Waals surface area contributed by atoms with Crippen LogP contribution in [0.5, 0.6) is 5.75 Å². The molecule has 0 unspecified atom stereocenters. The molecule has 0 radical (unpaired) electrons. The Morgan fingerprint density at radius 1 is 0.512 bits per heavy atom. The van der Waals surface area contributed by atoms with Crippen LogP contribution in [0.15, 0.2) is 36.4 Å². The topological polar surface area (TPSA) is 20.2 Å². The van der Waals surface area contributed by atoms with Crippen molar-refractivity contribution >= 4 is 23.5 Å². The van der Waals surface area contributed by atoms with Crippen LogP contribution in [0.2, 0.25) is 0 Å². The molecule has 0 spiro atoms. The monoisotopic (exact) mass is 626 g/mol. The van der Waals surface area contributed by atoms with Crippen LogP contribution in [0, 0.1) is 6.92 Å². The van der Waals surface area contributed by atoms with Gasteiger partial charge in [-0.3, -0.25) is 0 Å². The number of rotatable bonds is 28. The zero-order chi connectivity index (χ0) is 30.8. The third-order valence-corrected chi connectivity index (χ3v) is 10.9. The number of phenols is 1. The van der Waals surface area contributed by atoms with Gasteiger partial charge in [0.1, 0.15) is 5.75 Å². The smallest absolute Gasteiger partial charge is 0.115 e. The van der Waals surface area contributed by atoms with Crippen LogP contribution in [0.3, 0.4) is 0 Å². The molecule has 0 aromatic heterocycles. The fourth-order valence-electron chi connectivity index (χ4n) is 6.02. The minimum atomic E-state index is 0.354. The van der Waals surface area contributed by atoms with E-state index in [4.69, 9.17) is 0 Å². The summed E-state index contributed by atoms with van der Waals surface area (Å²) in [7, 11) is 0. The van der Waals surface area contributed by atoms with Gasteiger partial charge >= 0.3 is 0 Å². The van der Waals surface area contributed by atoms with E-state index in [0.717, 1.165) is 17.9 Å². The molecule has 0 aliphatic rings. The first-order valence-electron chi connectivity index (χ1n) is 18.2. The molecule has 2 aromatic carbocycles.